The van der Waals surface area contributed by atoms with Gasteiger partial charge in [0.1, 0.15) is 0 Å². The van der Waals surface area contributed by atoms with Crippen LogP contribution in [-0.4, -0.2) is 0 Å². The van der Waals surface area contributed by atoms with Crippen molar-refractivity contribution in [1.82, 2.24) is 5.32 Å². The molecule has 0 aliphatic heterocycles. The second-order valence-electron chi connectivity index (χ2n) is 2.85. The standard InChI is InChI=1S/C13H17N/c1-6-8-9-12(4)14-13(5)10-11(3)7-2/h6-10,14H,1-4H2,5H3/b9-8-,13-10+. The first-order chi connectivity index (χ1) is 6.60. The summed E-state index contributed by atoms with van der Waals surface area (Å²) in [5, 5.41) is 3.10. The van der Waals surface area contributed by atoms with E-state index in [0.717, 1.165) is 17.0 Å². The van der Waals surface area contributed by atoms with Crippen LogP contribution in [0.2, 0.25) is 0 Å². The third-order valence-electron chi connectivity index (χ3n) is 1.46. The van der Waals surface area contributed by atoms with Gasteiger partial charge in [0.05, 0.1) is 0 Å². The fraction of sp³-hybridized carbons (Fsp3) is 0.0769. The van der Waals surface area contributed by atoms with Gasteiger partial charge in [-0.05, 0) is 24.6 Å². The third-order valence-corrected chi connectivity index (χ3v) is 1.46. The summed E-state index contributed by atoms with van der Waals surface area (Å²) in [7, 11) is 0. The highest BCUT2D eigenvalue weighted by atomic mass is 14.9. The number of hydrogen-bond donors (Lipinski definition) is 1. The van der Waals surface area contributed by atoms with Gasteiger partial charge in [-0.15, -0.1) is 0 Å². The summed E-state index contributed by atoms with van der Waals surface area (Å²) in [4.78, 5) is 0. The Bertz CT molecular complexity index is 303. The normalized spacial score (nSPS) is 11.1. The first kappa shape index (κ1) is 12.2. The van der Waals surface area contributed by atoms with Crippen molar-refractivity contribution in [1.29, 1.82) is 0 Å². The van der Waals surface area contributed by atoms with E-state index in [1.807, 2.05) is 25.2 Å². The molecular formula is C13H17N. The Morgan fingerprint density at radius 1 is 1.21 bits per heavy atom. The molecule has 0 spiro atoms. The van der Waals surface area contributed by atoms with E-state index < -0.39 is 0 Å². The van der Waals surface area contributed by atoms with Crippen LogP contribution in [0.25, 0.3) is 0 Å². The van der Waals surface area contributed by atoms with E-state index in [9.17, 15) is 0 Å². The van der Waals surface area contributed by atoms with E-state index in [1.54, 1.807) is 12.2 Å². The molecule has 0 saturated carbocycles. The molecule has 0 amide bonds. The maximum atomic E-state index is 3.82. The van der Waals surface area contributed by atoms with E-state index in [0.29, 0.717) is 0 Å². The molecule has 1 nitrogen and oxygen atoms in total. The average molecular weight is 187 g/mol. The second-order valence-corrected chi connectivity index (χ2v) is 2.85. The van der Waals surface area contributed by atoms with Gasteiger partial charge in [-0.1, -0.05) is 44.5 Å². The van der Waals surface area contributed by atoms with Gasteiger partial charge < -0.3 is 5.32 Å². The second kappa shape index (κ2) is 6.72. The Kier molecular flexibility index (Phi) is 5.88. The molecular weight excluding hydrogens is 170 g/mol. The lowest BCUT2D eigenvalue weighted by atomic mass is 10.2. The smallest absolute Gasteiger partial charge is 0.0308 e. The molecule has 0 aliphatic carbocycles. The summed E-state index contributed by atoms with van der Waals surface area (Å²) in [5.41, 5.74) is 2.67. The highest BCUT2D eigenvalue weighted by Gasteiger charge is 1.89. The van der Waals surface area contributed by atoms with Gasteiger partial charge >= 0.3 is 0 Å². The number of allylic oxidation sites excluding steroid dienone is 7. The molecule has 0 aromatic heterocycles. The minimum Gasteiger partial charge on any atom is -0.360 e. The van der Waals surface area contributed by atoms with Gasteiger partial charge in [0.15, 0.2) is 0 Å². The first-order valence-corrected chi connectivity index (χ1v) is 4.34. The summed E-state index contributed by atoms with van der Waals surface area (Å²) in [5.74, 6) is 0. The summed E-state index contributed by atoms with van der Waals surface area (Å²) in [6, 6.07) is 0. The maximum Gasteiger partial charge on any atom is 0.0308 e. The molecule has 0 atom stereocenters. The Balaban J connectivity index is 4.24. The van der Waals surface area contributed by atoms with Crippen molar-refractivity contribution in [2.24, 2.45) is 0 Å². The van der Waals surface area contributed by atoms with Crippen LogP contribution in [0.15, 0.2) is 73.7 Å². The van der Waals surface area contributed by atoms with Crippen LogP contribution in [0, 0.1) is 0 Å². The predicted molar refractivity (Wildman–Crippen MR) is 64.7 cm³/mol. The van der Waals surface area contributed by atoms with E-state index >= 15 is 0 Å². The Morgan fingerprint density at radius 3 is 2.36 bits per heavy atom. The average Bonchev–Trinajstić information content (AvgIpc) is 2.14. The molecule has 1 heteroatoms. The molecule has 14 heavy (non-hydrogen) atoms. The molecule has 0 aliphatic rings. The zero-order chi connectivity index (χ0) is 11.0. The lowest BCUT2D eigenvalue weighted by Gasteiger charge is -2.05. The Labute approximate surface area is 86.5 Å². The van der Waals surface area contributed by atoms with E-state index in [2.05, 4.69) is 31.6 Å². The zero-order valence-electron chi connectivity index (χ0n) is 8.72. The summed E-state index contributed by atoms with van der Waals surface area (Å²) < 4.78 is 0. The van der Waals surface area contributed by atoms with E-state index in [4.69, 9.17) is 0 Å². The Hall–Kier alpha value is -1.76. The van der Waals surface area contributed by atoms with Crippen LogP contribution in [0.4, 0.5) is 0 Å². The van der Waals surface area contributed by atoms with E-state index in [-0.39, 0.29) is 0 Å². The summed E-state index contributed by atoms with van der Waals surface area (Å²) in [6.45, 7) is 16.8. The number of rotatable bonds is 6. The molecule has 1 N–H and O–H groups in total. The fourth-order valence-corrected chi connectivity index (χ4v) is 0.852. The van der Waals surface area contributed by atoms with Crippen molar-refractivity contribution in [2.75, 3.05) is 0 Å². The number of hydrogen-bond acceptors (Lipinski definition) is 1. The molecule has 0 aromatic rings. The quantitative estimate of drug-likeness (QED) is 0.628. The highest BCUT2D eigenvalue weighted by molar-refractivity contribution is 5.30. The van der Waals surface area contributed by atoms with Gasteiger partial charge in [-0.3, -0.25) is 0 Å². The lowest BCUT2D eigenvalue weighted by Crippen LogP contribution is -2.07. The van der Waals surface area contributed by atoms with Crippen LogP contribution < -0.4 is 5.32 Å². The zero-order valence-corrected chi connectivity index (χ0v) is 8.72. The van der Waals surface area contributed by atoms with Crippen LogP contribution in [0.3, 0.4) is 0 Å². The van der Waals surface area contributed by atoms with Crippen molar-refractivity contribution >= 4 is 0 Å². The maximum absolute atomic E-state index is 3.82. The summed E-state index contributed by atoms with van der Waals surface area (Å²) in [6.07, 6.45) is 8.98. The Morgan fingerprint density at radius 2 is 1.86 bits per heavy atom. The SMILES string of the molecule is C=C/C=C\C(=C)N/C(C)=C/C(=C)C=C. The molecule has 0 aromatic carbocycles. The van der Waals surface area contributed by atoms with Crippen molar-refractivity contribution in [2.45, 2.75) is 6.92 Å². The molecule has 0 radical (unpaired) electrons. The highest BCUT2D eigenvalue weighted by Crippen LogP contribution is 2.00. The third kappa shape index (κ3) is 5.84. The topological polar surface area (TPSA) is 12.0 Å². The minimum absolute atomic E-state index is 0.815. The first-order valence-electron chi connectivity index (χ1n) is 4.34. The van der Waals surface area contributed by atoms with Gasteiger partial charge in [-0.25, -0.2) is 0 Å². The van der Waals surface area contributed by atoms with Crippen LogP contribution in [0.1, 0.15) is 6.92 Å². The molecule has 0 fully saturated rings. The van der Waals surface area contributed by atoms with Gasteiger partial charge in [0.2, 0.25) is 0 Å². The molecule has 0 heterocycles. The molecule has 74 valence electrons. The van der Waals surface area contributed by atoms with Crippen molar-refractivity contribution < 1.29 is 0 Å². The summed E-state index contributed by atoms with van der Waals surface area (Å²) >= 11 is 0. The molecule has 0 unspecified atom stereocenters. The van der Waals surface area contributed by atoms with Gasteiger partial charge in [-0.2, -0.15) is 0 Å². The lowest BCUT2D eigenvalue weighted by molar-refractivity contribution is 1.01. The van der Waals surface area contributed by atoms with Crippen LogP contribution in [0.5, 0.6) is 0 Å². The predicted octanol–water partition coefficient (Wildman–Crippen LogP) is 3.48. The molecule has 0 saturated heterocycles. The van der Waals surface area contributed by atoms with Crippen molar-refractivity contribution in [3.8, 4) is 0 Å². The van der Waals surface area contributed by atoms with Gasteiger partial charge in [0.25, 0.3) is 0 Å². The number of nitrogens with one attached hydrogen (secondary N) is 1. The molecule has 0 bridgehead atoms. The van der Waals surface area contributed by atoms with Gasteiger partial charge in [0, 0.05) is 11.4 Å². The minimum atomic E-state index is 0.815. The molecule has 0 rings (SSSR count). The monoisotopic (exact) mass is 187 g/mol. The fourth-order valence-electron chi connectivity index (χ4n) is 0.852. The van der Waals surface area contributed by atoms with Crippen LogP contribution in [-0.2, 0) is 0 Å². The largest absolute Gasteiger partial charge is 0.360 e. The van der Waals surface area contributed by atoms with Crippen molar-refractivity contribution in [3.05, 3.63) is 73.7 Å². The van der Waals surface area contributed by atoms with E-state index in [1.165, 1.54) is 0 Å². The van der Waals surface area contributed by atoms with Crippen LogP contribution >= 0.6 is 0 Å². The van der Waals surface area contributed by atoms with Crippen molar-refractivity contribution in [3.63, 3.8) is 0 Å².